The van der Waals surface area contributed by atoms with Crippen molar-refractivity contribution in [3.05, 3.63) is 46.9 Å². The van der Waals surface area contributed by atoms with Crippen molar-refractivity contribution in [1.29, 1.82) is 0 Å². The first kappa shape index (κ1) is 15.6. The second-order valence-corrected chi connectivity index (χ2v) is 7.18. The molecule has 24 heavy (non-hydrogen) atoms. The first-order valence-corrected chi connectivity index (χ1v) is 9.32. The number of likely N-dealkylation sites (tertiary alicyclic amines) is 1. The van der Waals surface area contributed by atoms with E-state index in [2.05, 4.69) is 16.0 Å². The number of hydrogen-bond donors (Lipinski definition) is 0. The number of pyridine rings is 1. The van der Waals surface area contributed by atoms with E-state index in [4.69, 9.17) is 4.74 Å². The molecule has 2 atom stereocenters. The van der Waals surface area contributed by atoms with Gasteiger partial charge in [-0.3, -0.25) is 9.78 Å². The first-order chi connectivity index (χ1) is 11.8. The van der Waals surface area contributed by atoms with E-state index in [1.807, 2.05) is 34.7 Å². The van der Waals surface area contributed by atoms with E-state index < -0.39 is 0 Å². The summed E-state index contributed by atoms with van der Waals surface area (Å²) in [5.74, 6) is 0.150. The quantitative estimate of drug-likeness (QED) is 0.841. The van der Waals surface area contributed by atoms with Crippen molar-refractivity contribution in [3.63, 3.8) is 0 Å². The van der Waals surface area contributed by atoms with Crippen LogP contribution in [-0.4, -0.2) is 54.2 Å². The predicted molar refractivity (Wildman–Crippen MR) is 94.6 cm³/mol. The monoisotopic (exact) mass is 343 g/mol. The molecule has 4 heterocycles. The van der Waals surface area contributed by atoms with Crippen LogP contribution in [0.3, 0.4) is 0 Å². The Morgan fingerprint density at radius 1 is 1.21 bits per heavy atom. The van der Waals surface area contributed by atoms with Gasteiger partial charge in [-0.15, -0.1) is 11.3 Å². The summed E-state index contributed by atoms with van der Waals surface area (Å²) in [7, 11) is 0. The van der Waals surface area contributed by atoms with Gasteiger partial charge in [0.05, 0.1) is 35.5 Å². The van der Waals surface area contributed by atoms with Crippen molar-refractivity contribution in [3.8, 4) is 0 Å². The van der Waals surface area contributed by atoms with E-state index in [9.17, 15) is 4.79 Å². The lowest BCUT2D eigenvalue weighted by atomic mass is 10.0. The topological polar surface area (TPSA) is 45.7 Å². The average molecular weight is 343 g/mol. The van der Waals surface area contributed by atoms with Crippen molar-refractivity contribution >= 4 is 22.9 Å². The molecule has 4 rings (SSSR count). The van der Waals surface area contributed by atoms with Crippen LogP contribution in [-0.2, 0) is 4.74 Å². The number of fused-ring (bicyclic) bond motifs is 1. The maximum absolute atomic E-state index is 12.6. The molecule has 0 bridgehead atoms. The van der Waals surface area contributed by atoms with Gasteiger partial charge >= 0.3 is 0 Å². The molecule has 0 saturated carbocycles. The third-order valence-electron chi connectivity index (χ3n) is 4.87. The molecule has 2 saturated heterocycles. The van der Waals surface area contributed by atoms with E-state index in [-0.39, 0.29) is 12.0 Å². The number of anilines is 1. The summed E-state index contributed by atoms with van der Waals surface area (Å²) in [5, 5.41) is 1.96. The van der Waals surface area contributed by atoms with Crippen molar-refractivity contribution in [2.75, 3.05) is 31.1 Å². The van der Waals surface area contributed by atoms with Gasteiger partial charge in [0.2, 0.25) is 0 Å². The maximum atomic E-state index is 12.6. The van der Waals surface area contributed by atoms with E-state index >= 15 is 0 Å². The molecule has 5 nitrogen and oxygen atoms in total. The van der Waals surface area contributed by atoms with Crippen molar-refractivity contribution < 1.29 is 9.53 Å². The molecule has 1 amide bonds. The Balaban J connectivity index is 1.51. The van der Waals surface area contributed by atoms with Crippen LogP contribution in [0.2, 0.25) is 0 Å². The van der Waals surface area contributed by atoms with Crippen LogP contribution in [0.15, 0.2) is 42.0 Å². The summed E-state index contributed by atoms with van der Waals surface area (Å²) in [6, 6.07) is 8.23. The zero-order valence-electron chi connectivity index (χ0n) is 13.5. The fourth-order valence-electron chi connectivity index (χ4n) is 3.68. The lowest BCUT2D eigenvalue weighted by Gasteiger charge is -2.41. The number of nitrogens with zero attached hydrogens (tertiary/aromatic N) is 3. The van der Waals surface area contributed by atoms with Crippen LogP contribution in [0.25, 0.3) is 0 Å². The number of thiophene rings is 1. The number of hydrogen-bond acceptors (Lipinski definition) is 5. The molecule has 2 aromatic rings. The number of rotatable bonds is 2. The highest BCUT2D eigenvalue weighted by Crippen LogP contribution is 2.28. The van der Waals surface area contributed by atoms with Gasteiger partial charge in [0.15, 0.2) is 0 Å². The summed E-state index contributed by atoms with van der Waals surface area (Å²) in [6.07, 6.45) is 5.72. The Bertz CT molecular complexity index is 677. The Labute approximate surface area is 145 Å². The Kier molecular flexibility index (Phi) is 4.49. The SMILES string of the molecule is O=C(c1cccs1)N1CC[C@H]2OCCN(c3cccnc3)[C@H]2CC1. The predicted octanol–water partition coefficient (Wildman–Crippen LogP) is 2.65. The van der Waals surface area contributed by atoms with Gasteiger partial charge in [-0.2, -0.15) is 0 Å². The molecular formula is C18H21N3O2S. The van der Waals surface area contributed by atoms with E-state index in [1.54, 1.807) is 6.20 Å². The Hall–Kier alpha value is -1.92. The molecule has 0 unspecified atom stereocenters. The van der Waals surface area contributed by atoms with E-state index in [0.29, 0.717) is 6.04 Å². The van der Waals surface area contributed by atoms with Crippen LogP contribution < -0.4 is 4.90 Å². The number of aromatic nitrogens is 1. The molecule has 0 radical (unpaired) electrons. The Morgan fingerprint density at radius 2 is 2.12 bits per heavy atom. The van der Waals surface area contributed by atoms with Crippen LogP contribution in [0.5, 0.6) is 0 Å². The second-order valence-electron chi connectivity index (χ2n) is 6.23. The van der Waals surface area contributed by atoms with Gasteiger partial charge in [-0.1, -0.05) is 6.07 Å². The van der Waals surface area contributed by atoms with Crippen molar-refractivity contribution in [1.82, 2.24) is 9.88 Å². The summed E-state index contributed by atoms with van der Waals surface area (Å²) in [5.41, 5.74) is 1.15. The fraction of sp³-hybridized carbons (Fsp3) is 0.444. The molecule has 2 fully saturated rings. The summed E-state index contributed by atoms with van der Waals surface area (Å²) in [6.45, 7) is 3.15. The first-order valence-electron chi connectivity index (χ1n) is 8.44. The van der Waals surface area contributed by atoms with Crippen LogP contribution in [0.1, 0.15) is 22.5 Å². The third-order valence-corrected chi connectivity index (χ3v) is 5.73. The summed E-state index contributed by atoms with van der Waals surface area (Å²) in [4.78, 5) is 22.1. The second kappa shape index (κ2) is 6.91. The minimum atomic E-state index is 0.150. The van der Waals surface area contributed by atoms with Crippen molar-refractivity contribution in [2.24, 2.45) is 0 Å². The highest BCUT2D eigenvalue weighted by molar-refractivity contribution is 7.12. The van der Waals surface area contributed by atoms with E-state index in [0.717, 1.165) is 49.6 Å². The smallest absolute Gasteiger partial charge is 0.263 e. The molecule has 126 valence electrons. The minimum Gasteiger partial charge on any atom is -0.374 e. The third kappa shape index (κ3) is 3.03. The molecule has 6 heteroatoms. The van der Waals surface area contributed by atoms with Gasteiger partial charge in [0.25, 0.3) is 5.91 Å². The molecule has 0 N–H and O–H groups in total. The minimum absolute atomic E-state index is 0.150. The van der Waals surface area contributed by atoms with Crippen LogP contribution in [0.4, 0.5) is 5.69 Å². The number of amides is 1. The number of carbonyl (C=O) groups is 1. The van der Waals surface area contributed by atoms with E-state index in [1.165, 1.54) is 11.3 Å². The number of carbonyl (C=O) groups excluding carboxylic acids is 1. The van der Waals surface area contributed by atoms with Gasteiger partial charge in [0.1, 0.15) is 0 Å². The highest BCUT2D eigenvalue weighted by Gasteiger charge is 2.36. The Morgan fingerprint density at radius 3 is 2.92 bits per heavy atom. The summed E-state index contributed by atoms with van der Waals surface area (Å²) < 4.78 is 6.03. The van der Waals surface area contributed by atoms with Gasteiger partial charge in [0, 0.05) is 25.8 Å². The normalized spacial score (nSPS) is 24.3. The van der Waals surface area contributed by atoms with Gasteiger partial charge in [-0.05, 0) is 36.4 Å². The zero-order valence-corrected chi connectivity index (χ0v) is 14.3. The summed E-state index contributed by atoms with van der Waals surface area (Å²) >= 11 is 1.51. The lowest BCUT2D eigenvalue weighted by Crippen LogP contribution is -2.51. The molecule has 0 aromatic carbocycles. The molecule has 2 aliphatic rings. The van der Waals surface area contributed by atoms with Crippen LogP contribution >= 0.6 is 11.3 Å². The molecule has 2 aromatic heterocycles. The molecule has 0 spiro atoms. The van der Waals surface area contributed by atoms with Crippen LogP contribution in [0, 0.1) is 0 Å². The highest BCUT2D eigenvalue weighted by atomic mass is 32.1. The van der Waals surface area contributed by atoms with Gasteiger partial charge < -0.3 is 14.5 Å². The number of ether oxygens (including phenoxy) is 1. The van der Waals surface area contributed by atoms with Gasteiger partial charge in [-0.25, -0.2) is 0 Å². The maximum Gasteiger partial charge on any atom is 0.263 e. The molecule has 2 aliphatic heterocycles. The molecule has 0 aliphatic carbocycles. The fourth-order valence-corrected chi connectivity index (χ4v) is 4.37. The lowest BCUT2D eigenvalue weighted by molar-refractivity contribution is 0.00908. The number of morpholine rings is 1. The largest absolute Gasteiger partial charge is 0.374 e. The average Bonchev–Trinajstić information content (AvgIpc) is 3.08. The standard InChI is InChI=1S/C18H21N3O2S/c22-18(17-4-2-12-24-17)20-8-5-15-16(6-9-20)23-11-10-21(15)14-3-1-7-19-13-14/h1-4,7,12-13,15-16H,5-6,8-11H2/t15-,16+/m0/s1. The zero-order chi connectivity index (χ0) is 16.4. The molecular weight excluding hydrogens is 322 g/mol. The van der Waals surface area contributed by atoms with Crippen molar-refractivity contribution in [2.45, 2.75) is 25.0 Å².